The van der Waals surface area contributed by atoms with Crippen molar-refractivity contribution in [3.05, 3.63) is 63.8 Å². The van der Waals surface area contributed by atoms with E-state index in [2.05, 4.69) is 29.7 Å². The molecule has 0 radical (unpaired) electrons. The molecule has 1 amide bonds. The Labute approximate surface area is 163 Å². The van der Waals surface area contributed by atoms with Gasteiger partial charge in [-0.2, -0.15) is 0 Å². The maximum Gasteiger partial charge on any atom is 0.420 e. The van der Waals surface area contributed by atoms with Gasteiger partial charge in [-0.05, 0) is 49.4 Å². The lowest BCUT2D eigenvalue weighted by atomic mass is 10.0. The van der Waals surface area contributed by atoms with Crippen LogP contribution in [0, 0.1) is 0 Å². The van der Waals surface area contributed by atoms with Crippen molar-refractivity contribution in [2.75, 3.05) is 11.9 Å². The van der Waals surface area contributed by atoms with Gasteiger partial charge in [-0.25, -0.2) is 9.78 Å². The van der Waals surface area contributed by atoms with Gasteiger partial charge in [0.2, 0.25) is 5.69 Å². The fraction of sp³-hybridized carbons (Fsp3) is 0.250. The summed E-state index contributed by atoms with van der Waals surface area (Å²) in [5, 5.41) is 4.22. The molecule has 0 fully saturated rings. The lowest BCUT2D eigenvalue weighted by Crippen LogP contribution is -2.17. The number of hydrogen-bond donors (Lipinski definition) is 1. The van der Waals surface area contributed by atoms with Crippen LogP contribution in [0.5, 0.6) is 0 Å². The number of aryl methyl sites for hydroxylation is 2. The van der Waals surface area contributed by atoms with Crippen LogP contribution in [0.2, 0.25) is 10.0 Å². The van der Waals surface area contributed by atoms with Crippen molar-refractivity contribution in [2.45, 2.75) is 25.7 Å². The molecule has 0 bridgehead atoms. The molecule has 3 rings (SSSR count). The molecule has 6 heteroatoms. The monoisotopic (exact) mass is 388 g/mol. The zero-order valence-corrected chi connectivity index (χ0v) is 15.9. The van der Waals surface area contributed by atoms with Gasteiger partial charge in [-0.1, -0.05) is 35.8 Å². The minimum Gasteiger partial charge on any atom is -0.370 e. The number of amides is 1. The second-order valence-electron chi connectivity index (χ2n) is 6.27. The molecule has 1 aromatic heterocycles. The molecule has 26 heavy (non-hydrogen) atoms. The highest BCUT2D eigenvalue weighted by molar-refractivity contribution is 6.34. The number of benzene rings is 1. The number of fused-ring (bicyclic) bond motifs is 1. The van der Waals surface area contributed by atoms with E-state index in [-0.39, 0.29) is 5.91 Å². The third-order valence-corrected chi connectivity index (χ3v) is 4.94. The summed E-state index contributed by atoms with van der Waals surface area (Å²) in [5.41, 5.74) is 3.09. The van der Waals surface area contributed by atoms with Gasteiger partial charge >= 0.3 is 5.91 Å². The van der Waals surface area contributed by atoms with Crippen LogP contribution in [0.1, 0.15) is 24.1 Å². The lowest BCUT2D eigenvalue weighted by Gasteiger charge is -2.17. The molecule has 0 saturated heterocycles. The number of nitrogens with zero attached hydrogens (tertiary/aromatic N) is 2. The average molecular weight is 389 g/mol. The number of anilines is 1. The molecule has 0 spiro atoms. The van der Waals surface area contributed by atoms with Crippen LogP contribution in [0.4, 0.5) is 11.5 Å². The van der Waals surface area contributed by atoms with Crippen LogP contribution in [0.25, 0.3) is 0 Å². The van der Waals surface area contributed by atoms with E-state index in [9.17, 15) is 4.79 Å². The molecule has 1 aliphatic rings. The summed E-state index contributed by atoms with van der Waals surface area (Å²) in [5.74, 6) is 0.667. The number of carbonyl (C=O) groups excluding carboxylic acids is 1. The standard InChI is InChI=1S/C20H20Cl2N3O/c1-13(20(26)25(2)18-12-15(21)7-10-17(18)22)5-8-16-9-6-14-4-3-11-23-19(14)24-16/h6-7,9-10,12H,1-5,8,11H2,(H,23,24)/q+1. The van der Waals surface area contributed by atoms with E-state index in [1.54, 1.807) is 18.2 Å². The van der Waals surface area contributed by atoms with Crippen LogP contribution >= 0.6 is 23.2 Å². The minimum absolute atomic E-state index is 0.287. The summed E-state index contributed by atoms with van der Waals surface area (Å²) in [6.07, 6.45) is 3.31. The van der Waals surface area contributed by atoms with Crippen LogP contribution in [0.15, 0.2) is 42.5 Å². The first-order valence-corrected chi connectivity index (χ1v) is 9.22. The maximum atomic E-state index is 12.6. The van der Waals surface area contributed by atoms with E-state index < -0.39 is 0 Å². The Morgan fingerprint density at radius 1 is 1.27 bits per heavy atom. The Bertz CT molecular complexity index is 893. The number of hydrogen-bond acceptors (Lipinski definition) is 3. The summed E-state index contributed by atoms with van der Waals surface area (Å²) in [4.78, 5) is 17.2. The van der Waals surface area contributed by atoms with Gasteiger partial charge in [0.25, 0.3) is 0 Å². The van der Waals surface area contributed by atoms with Gasteiger partial charge in [-0.3, -0.25) is 0 Å². The number of halogens is 2. The van der Waals surface area contributed by atoms with Crippen molar-refractivity contribution in [2.24, 2.45) is 0 Å². The predicted octanol–water partition coefficient (Wildman–Crippen LogP) is 4.81. The van der Waals surface area contributed by atoms with Crippen LogP contribution in [-0.2, 0) is 17.6 Å². The van der Waals surface area contributed by atoms with Crippen molar-refractivity contribution in [3.63, 3.8) is 0 Å². The SMILES string of the molecule is C=C(CCc1ccc2c(n1)NCCC2)C(=O)[N+](=C)c1cc(Cl)ccc1Cl. The second kappa shape index (κ2) is 8.02. The molecule has 1 aliphatic heterocycles. The molecular weight excluding hydrogens is 369 g/mol. The Balaban J connectivity index is 1.65. The molecule has 1 aromatic carbocycles. The Morgan fingerprint density at radius 3 is 2.88 bits per heavy atom. The molecule has 134 valence electrons. The van der Waals surface area contributed by atoms with Gasteiger partial charge in [0.1, 0.15) is 17.6 Å². The van der Waals surface area contributed by atoms with E-state index in [4.69, 9.17) is 23.2 Å². The third kappa shape index (κ3) is 4.14. The maximum absolute atomic E-state index is 12.6. The lowest BCUT2D eigenvalue weighted by molar-refractivity contribution is -0.353. The first-order chi connectivity index (χ1) is 12.5. The quantitative estimate of drug-likeness (QED) is 0.454. The van der Waals surface area contributed by atoms with Crippen LogP contribution < -0.4 is 5.32 Å². The van der Waals surface area contributed by atoms with Gasteiger partial charge in [0, 0.05) is 23.3 Å². The Morgan fingerprint density at radius 2 is 2.08 bits per heavy atom. The van der Waals surface area contributed by atoms with E-state index in [0.29, 0.717) is 34.1 Å². The third-order valence-electron chi connectivity index (χ3n) is 4.38. The highest BCUT2D eigenvalue weighted by Gasteiger charge is 2.24. The van der Waals surface area contributed by atoms with Crippen molar-refractivity contribution in [3.8, 4) is 0 Å². The second-order valence-corrected chi connectivity index (χ2v) is 7.12. The van der Waals surface area contributed by atoms with Crippen LogP contribution in [-0.4, -0.2) is 28.7 Å². The normalized spacial score (nSPS) is 12.8. The predicted molar refractivity (Wildman–Crippen MR) is 107 cm³/mol. The fourth-order valence-corrected chi connectivity index (χ4v) is 3.27. The summed E-state index contributed by atoms with van der Waals surface area (Å²) >= 11 is 12.1. The minimum atomic E-state index is -0.287. The van der Waals surface area contributed by atoms with Gasteiger partial charge in [-0.15, -0.1) is 4.58 Å². The number of rotatable bonds is 5. The fourth-order valence-electron chi connectivity index (χ4n) is 2.89. The summed E-state index contributed by atoms with van der Waals surface area (Å²) in [6, 6.07) is 9.03. The van der Waals surface area contributed by atoms with Gasteiger partial charge in [0.15, 0.2) is 0 Å². The molecule has 2 heterocycles. The van der Waals surface area contributed by atoms with Gasteiger partial charge < -0.3 is 5.32 Å². The first-order valence-electron chi connectivity index (χ1n) is 8.46. The zero-order chi connectivity index (χ0) is 18.7. The van der Waals surface area contributed by atoms with Crippen molar-refractivity contribution in [1.29, 1.82) is 0 Å². The molecule has 4 nitrogen and oxygen atoms in total. The molecule has 0 unspecified atom stereocenters. The largest absolute Gasteiger partial charge is 0.420 e. The van der Waals surface area contributed by atoms with Crippen LogP contribution in [0.3, 0.4) is 0 Å². The van der Waals surface area contributed by atoms with Crippen molar-refractivity contribution in [1.82, 2.24) is 4.98 Å². The molecule has 1 N–H and O–H groups in total. The molecule has 2 aromatic rings. The number of pyridine rings is 1. The highest BCUT2D eigenvalue weighted by Crippen LogP contribution is 2.28. The first kappa shape index (κ1) is 18.6. The average Bonchev–Trinajstić information content (AvgIpc) is 2.66. The van der Waals surface area contributed by atoms with Gasteiger partial charge in [0.05, 0.1) is 5.57 Å². The highest BCUT2D eigenvalue weighted by atomic mass is 35.5. The Kier molecular flexibility index (Phi) is 5.74. The Hall–Kier alpha value is -2.17. The van der Waals surface area contributed by atoms with Crippen molar-refractivity contribution >= 4 is 47.3 Å². The van der Waals surface area contributed by atoms with E-state index in [0.717, 1.165) is 30.9 Å². The van der Waals surface area contributed by atoms with Crippen molar-refractivity contribution < 1.29 is 9.37 Å². The molecular formula is C20H20Cl2N3O+. The van der Waals surface area contributed by atoms with E-state index in [1.165, 1.54) is 10.1 Å². The zero-order valence-electron chi connectivity index (χ0n) is 14.4. The topological polar surface area (TPSA) is 45.0 Å². The smallest absolute Gasteiger partial charge is 0.370 e. The number of aromatic nitrogens is 1. The summed E-state index contributed by atoms with van der Waals surface area (Å²) < 4.78 is 1.23. The molecule has 0 saturated carbocycles. The molecule has 0 aliphatic carbocycles. The molecule has 0 atom stereocenters. The van der Waals surface area contributed by atoms with E-state index in [1.807, 2.05) is 6.07 Å². The number of carbonyl (C=O) groups is 1. The summed E-state index contributed by atoms with van der Waals surface area (Å²) in [7, 11) is 0. The number of nitrogens with one attached hydrogen (secondary N) is 1. The summed E-state index contributed by atoms with van der Waals surface area (Å²) in [6.45, 7) is 8.65. The van der Waals surface area contributed by atoms with E-state index >= 15 is 0 Å².